The summed E-state index contributed by atoms with van der Waals surface area (Å²) < 4.78 is 2.06. The number of rotatable bonds is 9. The summed E-state index contributed by atoms with van der Waals surface area (Å²) in [6.45, 7) is -0.319. The molecule has 0 aliphatic carbocycles. The maximum Gasteiger partial charge on any atom is 2.00 e. The van der Waals surface area contributed by atoms with E-state index in [0.29, 0.717) is 5.95 Å². The molecule has 0 aliphatic heterocycles. The Labute approximate surface area is 371 Å². The van der Waals surface area contributed by atoms with Crippen molar-refractivity contribution >= 4 is 68.0 Å². The van der Waals surface area contributed by atoms with Crippen LogP contribution in [0.3, 0.4) is 0 Å². The Morgan fingerprint density at radius 2 is 0.831 bits per heavy atom. The zero-order valence-electron chi connectivity index (χ0n) is 31.3. The molecule has 0 bridgehead atoms. The van der Waals surface area contributed by atoms with E-state index < -0.39 is 0 Å². The maximum absolute atomic E-state index is 4.67. The number of pyridine rings is 2. The van der Waals surface area contributed by atoms with Crippen LogP contribution >= 0.6 is 0 Å². The molecule has 0 aliphatic rings. The number of fused-ring (bicyclic) bond motifs is 3. The first-order valence-corrected chi connectivity index (χ1v) is 18.8. The monoisotopic (exact) mass is 936 g/mol. The molecule has 4 heterocycles. The first-order valence-electron chi connectivity index (χ1n) is 18.8. The van der Waals surface area contributed by atoms with E-state index in [1.165, 1.54) is 12.7 Å². The van der Waals surface area contributed by atoms with Crippen LogP contribution in [0.15, 0.2) is 183 Å². The van der Waals surface area contributed by atoms with Crippen molar-refractivity contribution in [2.24, 2.45) is 0 Å². The van der Waals surface area contributed by atoms with Gasteiger partial charge in [0.1, 0.15) is 12.7 Å². The van der Waals surface area contributed by atoms with Gasteiger partial charge in [-0.2, -0.15) is 69.0 Å². The Hall–Kier alpha value is -6.12. The molecule has 0 radical (unpaired) electrons. The molecule has 282 valence electrons. The van der Waals surface area contributed by atoms with Gasteiger partial charge in [0, 0.05) is 12.4 Å². The largest absolute Gasteiger partial charge is 2.00 e. The molecule has 10 aromatic rings. The molecule has 0 saturated heterocycles. The van der Waals surface area contributed by atoms with Crippen LogP contribution in [-0.4, -0.2) is 42.9 Å². The summed E-state index contributed by atoms with van der Waals surface area (Å²) in [6.07, 6.45) is 6.69. The van der Waals surface area contributed by atoms with Crippen LogP contribution < -0.4 is 32.8 Å². The molecule has 4 aromatic heterocycles. The number of hydrogen-bond acceptors (Lipinski definition) is 5. The van der Waals surface area contributed by atoms with Crippen LogP contribution in [-0.2, 0) is 40.8 Å². The Kier molecular flexibility index (Phi) is 12.0. The van der Waals surface area contributed by atoms with E-state index in [0.717, 1.165) is 77.1 Å². The van der Waals surface area contributed by atoms with Crippen molar-refractivity contribution in [3.8, 4) is 28.5 Å². The van der Waals surface area contributed by atoms with Gasteiger partial charge in [-0.1, -0.05) is 107 Å². The minimum absolute atomic E-state index is 0. The Morgan fingerprint density at radius 1 is 0.390 bits per heavy atom. The van der Waals surface area contributed by atoms with Crippen molar-refractivity contribution in [2.75, 3.05) is 0 Å². The van der Waals surface area contributed by atoms with E-state index in [2.05, 4.69) is 163 Å². The maximum atomic E-state index is 4.67. The first-order chi connectivity index (χ1) is 28.3. The van der Waals surface area contributed by atoms with Crippen molar-refractivity contribution in [3.63, 3.8) is 0 Å². The smallest absolute Gasteiger partial charge is 0.328 e. The molecule has 0 atom stereocenters. The molecule has 0 spiro atoms. The van der Waals surface area contributed by atoms with Gasteiger partial charge in [0.15, 0.2) is 13.4 Å². The number of benzene rings is 6. The van der Waals surface area contributed by atoms with E-state index >= 15 is 0 Å². The van der Waals surface area contributed by atoms with E-state index in [4.69, 9.17) is 0 Å². The van der Waals surface area contributed by atoms with E-state index in [1.807, 2.05) is 60.9 Å². The van der Waals surface area contributed by atoms with Crippen LogP contribution in [0, 0.1) is 24.3 Å². The second kappa shape index (κ2) is 17.8. The topological polar surface area (TPSA) is 69.4 Å². The molecule has 0 amide bonds. The quantitative estimate of drug-likeness (QED) is 0.145. The fourth-order valence-electron chi connectivity index (χ4n) is 7.78. The second-order valence-corrected chi connectivity index (χ2v) is 13.8. The summed E-state index contributed by atoms with van der Waals surface area (Å²) >= 11 is 0. The summed E-state index contributed by atoms with van der Waals surface area (Å²) in [5.74, 6) is 0.492. The average molecular weight is 937 g/mol. The molecule has 6 aromatic carbocycles. The SMILES string of the molecule is [Pd+2].[Pd+2].[c-]1c(B(c2[c-]c3c(cc2)c2ccc(B(c4[c-]c(-c5ccccn5)ccc4)c4ccccc4)[c-]c2n3-c2ncncn2)c2ccccc2)cccc1-c1ccccn1. The van der Waals surface area contributed by atoms with Crippen LogP contribution in [0.1, 0.15) is 0 Å². The van der Waals surface area contributed by atoms with Crippen molar-refractivity contribution < 1.29 is 40.8 Å². The Morgan fingerprint density at radius 3 is 1.27 bits per heavy atom. The van der Waals surface area contributed by atoms with Crippen molar-refractivity contribution in [3.05, 3.63) is 207 Å². The summed E-state index contributed by atoms with van der Waals surface area (Å²) in [7, 11) is 0. The fourth-order valence-corrected chi connectivity index (χ4v) is 7.78. The molecule has 59 heavy (non-hydrogen) atoms. The summed E-state index contributed by atoms with van der Waals surface area (Å²) in [6, 6.07) is 69.4. The molecule has 6 nitrogen and oxygen atoms in total. The fraction of sp³-hybridized carbons (Fsp3) is 0. The predicted octanol–water partition coefficient (Wildman–Crippen LogP) is 5.32. The standard InChI is InChI=1S/C49H30B2N6.2Pd/c1-3-15-37(16-4-1)50(39-19-11-13-35(29-39)45-21-7-9-27-53-45)41-23-25-43-44-26-24-42(32-48(44)57(47(43)31-41)49-55-33-52-34-56-49)51(38-17-5-2-6-18-38)40-20-12-14-36(30-40)46-22-8-10-28-54-46;;/h1-28,33-34H;;/q-4;2*+2. The minimum atomic E-state index is -0.159. The Bertz CT molecular complexity index is 2790. The third-order valence-electron chi connectivity index (χ3n) is 10.3. The zero-order chi connectivity index (χ0) is 38.0. The van der Waals surface area contributed by atoms with Gasteiger partial charge in [-0.05, 0) is 23.5 Å². The number of hydrogen-bond donors (Lipinski definition) is 0. The average Bonchev–Trinajstić information content (AvgIpc) is 3.61. The van der Waals surface area contributed by atoms with Crippen LogP contribution in [0.25, 0.3) is 50.3 Å². The van der Waals surface area contributed by atoms with Gasteiger partial charge in [-0.3, -0.25) is 0 Å². The van der Waals surface area contributed by atoms with E-state index in [9.17, 15) is 0 Å². The van der Waals surface area contributed by atoms with Gasteiger partial charge in [0.2, 0.25) is 5.95 Å². The molecule has 10 rings (SSSR count). The van der Waals surface area contributed by atoms with Gasteiger partial charge >= 0.3 is 40.8 Å². The molecule has 0 fully saturated rings. The molecular weight excluding hydrogens is 907 g/mol. The van der Waals surface area contributed by atoms with E-state index in [1.54, 1.807) is 0 Å². The predicted molar refractivity (Wildman–Crippen MR) is 231 cm³/mol. The molecule has 0 N–H and O–H groups in total. The van der Waals surface area contributed by atoms with Gasteiger partial charge in [-0.15, -0.1) is 59.7 Å². The van der Waals surface area contributed by atoms with E-state index in [-0.39, 0.29) is 54.3 Å². The molecule has 0 unspecified atom stereocenters. The normalized spacial score (nSPS) is 10.8. The van der Waals surface area contributed by atoms with Crippen LogP contribution in [0.2, 0.25) is 0 Å². The van der Waals surface area contributed by atoms with Crippen LogP contribution in [0.5, 0.6) is 0 Å². The molecule has 0 saturated carbocycles. The summed E-state index contributed by atoms with van der Waals surface area (Å²) in [4.78, 5) is 22.7. The molecular formula is C49H30B2N6Pd2. The summed E-state index contributed by atoms with van der Waals surface area (Å²) in [5, 5.41) is 2.05. The number of aromatic nitrogens is 6. The number of nitrogens with zero attached hydrogens (tertiary/aromatic N) is 6. The van der Waals surface area contributed by atoms with Crippen molar-refractivity contribution in [1.29, 1.82) is 0 Å². The van der Waals surface area contributed by atoms with Gasteiger partial charge < -0.3 is 14.5 Å². The Balaban J connectivity index is 0.00000242. The summed E-state index contributed by atoms with van der Waals surface area (Å²) in [5.41, 5.74) is 11.6. The second-order valence-electron chi connectivity index (χ2n) is 13.8. The third-order valence-corrected chi connectivity index (χ3v) is 10.3. The third kappa shape index (κ3) is 7.89. The first kappa shape index (κ1) is 39.7. The van der Waals surface area contributed by atoms with Crippen LogP contribution in [0.4, 0.5) is 0 Å². The van der Waals surface area contributed by atoms with Gasteiger partial charge in [0.05, 0.1) is 0 Å². The van der Waals surface area contributed by atoms with Crippen molar-refractivity contribution in [2.45, 2.75) is 0 Å². The van der Waals surface area contributed by atoms with Crippen molar-refractivity contribution in [1.82, 2.24) is 29.5 Å². The van der Waals surface area contributed by atoms with Gasteiger partial charge in [0.25, 0.3) is 0 Å². The minimum Gasteiger partial charge on any atom is -0.328 e. The molecule has 10 heteroatoms. The zero-order valence-corrected chi connectivity index (χ0v) is 34.4. The van der Waals surface area contributed by atoms with Gasteiger partial charge in [-0.25, -0.2) is 15.0 Å².